The highest BCUT2D eigenvalue weighted by atomic mass is 16.5. The number of rotatable bonds is 7. The third-order valence-electron chi connectivity index (χ3n) is 3.36. The second-order valence-corrected chi connectivity index (χ2v) is 5.06. The lowest BCUT2D eigenvalue weighted by atomic mass is 10.1. The van der Waals surface area contributed by atoms with Gasteiger partial charge >= 0.3 is 5.97 Å². The molecule has 1 aromatic carbocycles. The van der Waals surface area contributed by atoms with Gasteiger partial charge in [0.25, 0.3) is 5.91 Å². The van der Waals surface area contributed by atoms with Crippen LogP contribution in [0.5, 0.6) is 5.75 Å². The average molecular weight is 277 g/mol. The van der Waals surface area contributed by atoms with E-state index in [1.165, 1.54) is 0 Å². The number of carboxylic acids is 1. The van der Waals surface area contributed by atoms with Crippen molar-refractivity contribution in [3.63, 3.8) is 0 Å². The summed E-state index contributed by atoms with van der Waals surface area (Å²) in [4.78, 5) is 23.3. The number of carbonyl (C=O) groups excluding carboxylic acids is 1. The number of hydrogen-bond donors (Lipinski definition) is 2. The second kappa shape index (κ2) is 5.94. The Hall–Kier alpha value is -2.04. The molecule has 0 spiro atoms. The van der Waals surface area contributed by atoms with Gasteiger partial charge in [0.2, 0.25) is 0 Å². The Morgan fingerprint density at radius 3 is 2.50 bits per heavy atom. The van der Waals surface area contributed by atoms with Gasteiger partial charge in [0.05, 0.1) is 0 Å². The molecule has 1 fully saturated rings. The Kier molecular flexibility index (Phi) is 4.27. The number of para-hydroxylation sites is 1. The number of aliphatic carboxylic acids is 1. The summed E-state index contributed by atoms with van der Waals surface area (Å²) in [6.07, 6.45) is 2.35. The fourth-order valence-electron chi connectivity index (χ4n) is 2.04. The van der Waals surface area contributed by atoms with Crippen molar-refractivity contribution >= 4 is 11.9 Å². The van der Waals surface area contributed by atoms with Crippen molar-refractivity contribution in [2.75, 3.05) is 0 Å². The van der Waals surface area contributed by atoms with E-state index in [1.807, 2.05) is 25.1 Å². The molecule has 1 aromatic rings. The third-order valence-corrected chi connectivity index (χ3v) is 3.36. The molecule has 20 heavy (non-hydrogen) atoms. The summed E-state index contributed by atoms with van der Waals surface area (Å²) in [5, 5.41) is 11.7. The van der Waals surface area contributed by atoms with E-state index in [1.54, 1.807) is 12.1 Å². The van der Waals surface area contributed by atoms with Crippen LogP contribution in [0.25, 0.3) is 0 Å². The molecule has 2 rings (SSSR count). The zero-order valence-corrected chi connectivity index (χ0v) is 11.5. The van der Waals surface area contributed by atoms with Gasteiger partial charge in [-0.3, -0.25) is 4.79 Å². The van der Waals surface area contributed by atoms with Crippen LogP contribution in [-0.4, -0.2) is 28.6 Å². The monoisotopic (exact) mass is 277 g/mol. The van der Waals surface area contributed by atoms with Crippen molar-refractivity contribution in [1.29, 1.82) is 0 Å². The first-order chi connectivity index (χ1) is 9.57. The summed E-state index contributed by atoms with van der Waals surface area (Å²) in [7, 11) is 0. The number of benzene rings is 1. The quantitative estimate of drug-likeness (QED) is 0.799. The lowest BCUT2D eigenvalue weighted by Crippen LogP contribution is -2.48. The lowest BCUT2D eigenvalue weighted by molar-refractivity contribution is -0.143. The molecule has 1 aliphatic rings. The lowest BCUT2D eigenvalue weighted by Gasteiger charge is -2.20. The van der Waals surface area contributed by atoms with Crippen LogP contribution in [0.2, 0.25) is 0 Å². The summed E-state index contributed by atoms with van der Waals surface area (Å²) >= 11 is 0. The highest BCUT2D eigenvalue weighted by Gasteiger charge is 2.53. The highest BCUT2D eigenvalue weighted by molar-refractivity contribution is 5.91. The number of hydrogen-bond acceptors (Lipinski definition) is 3. The van der Waals surface area contributed by atoms with E-state index in [0.29, 0.717) is 31.4 Å². The Balaban J connectivity index is 1.99. The second-order valence-electron chi connectivity index (χ2n) is 5.06. The normalized spacial score (nSPS) is 17.1. The van der Waals surface area contributed by atoms with Crippen LogP contribution in [0.3, 0.4) is 0 Å². The van der Waals surface area contributed by atoms with E-state index < -0.39 is 17.6 Å². The van der Waals surface area contributed by atoms with Gasteiger partial charge in [0.1, 0.15) is 11.8 Å². The predicted octanol–water partition coefficient (Wildman–Crippen LogP) is 1.97. The van der Waals surface area contributed by atoms with Crippen LogP contribution in [0.4, 0.5) is 0 Å². The average Bonchev–Trinajstić information content (AvgIpc) is 3.20. The minimum atomic E-state index is -1.00. The van der Waals surface area contributed by atoms with Crippen LogP contribution in [0, 0.1) is 0 Å². The molecule has 1 unspecified atom stereocenters. The Morgan fingerprint density at radius 2 is 2.00 bits per heavy atom. The van der Waals surface area contributed by atoms with Gasteiger partial charge in [-0.15, -0.1) is 0 Å². The van der Waals surface area contributed by atoms with Crippen LogP contribution in [0.1, 0.15) is 32.6 Å². The molecule has 5 nitrogen and oxygen atoms in total. The third kappa shape index (κ3) is 3.29. The van der Waals surface area contributed by atoms with E-state index in [-0.39, 0.29) is 5.91 Å². The fourth-order valence-corrected chi connectivity index (χ4v) is 2.04. The predicted molar refractivity (Wildman–Crippen MR) is 73.5 cm³/mol. The molecule has 1 aliphatic carbocycles. The van der Waals surface area contributed by atoms with E-state index in [2.05, 4.69) is 5.32 Å². The molecule has 1 atom stereocenters. The SMILES string of the molecule is CCCC(NC(=O)C1(Oc2ccccc2)CC1)C(=O)O. The van der Waals surface area contributed by atoms with Gasteiger partial charge in [0, 0.05) is 12.8 Å². The summed E-state index contributed by atoms with van der Waals surface area (Å²) in [6.45, 7) is 1.88. The van der Waals surface area contributed by atoms with Crippen LogP contribution in [-0.2, 0) is 9.59 Å². The maximum Gasteiger partial charge on any atom is 0.326 e. The summed E-state index contributed by atoms with van der Waals surface area (Å²) in [5.41, 5.74) is -0.886. The van der Waals surface area contributed by atoms with E-state index in [9.17, 15) is 9.59 Å². The number of nitrogens with one attached hydrogen (secondary N) is 1. The first-order valence-corrected chi connectivity index (χ1v) is 6.85. The maximum atomic E-state index is 12.2. The Labute approximate surface area is 117 Å². The van der Waals surface area contributed by atoms with Gasteiger partial charge in [-0.05, 0) is 18.6 Å². The summed E-state index contributed by atoms with van der Waals surface area (Å²) in [6, 6.07) is 8.27. The number of carbonyl (C=O) groups is 2. The molecular formula is C15H19NO4. The van der Waals surface area contributed by atoms with Crippen molar-refractivity contribution in [3.8, 4) is 5.75 Å². The molecule has 0 bridgehead atoms. The van der Waals surface area contributed by atoms with Crippen LogP contribution >= 0.6 is 0 Å². The molecule has 0 aliphatic heterocycles. The van der Waals surface area contributed by atoms with E-state index >= 15 is 0 Å². The Bertz CT molecular complexity index is 482. The van der Waals surface area contributed by atoms with Crippen LogP contribution in [0.15, 0.2) is 30.3 Å². The van der Waals surface area contributed by atoms with Gasteiger partial charge < -0.3 is 15.2 Å². The molecule has 1 amide bonds. The molecule has 1 saturated carbocycles. The molecule has 2 N–H and O–H groups in total. The van der Waals surface area contributed by atoms with Crippen molar-refractivity contribution in [1.82, 2.24) is 5.32 Å². The largest absolute Gasteiger partial charge is 0.480 e. The topological polar surface area (TPSA) is 75.6 Å². The summed E-state index contributed by atoms with van der Waals surface area (Å²) < 4.78 is 5.73. The minimum absolute atomic E-state index is 0.331. The Morgan fingerprint density at radius 1 is 1.35 bits per heavy atom. The van der Waals surface area contributed by atoms with Gasteiger partial charge in [-0.2, -0.15) is 0 Å². The summed E-state index contributed by atoms with van der Waals surface area (Å²) in [5.74, 6) is -0.708. The molecule has 108 valence electrons. The molecular weight excluding hydrogens is 258 g/mol. The van der Waals surface area contributed by atoms with E-state index in [0.717, 1.165) is 0 Å². The molecule has 5 heteroatoms. The highest BCUT2D eigenvalue weighted by Crippen LogP contribution is 2.40. The van der Waals surface area contributed by atoms with Crippen molar-refractivity contribution < 1.29 is 19.4 Å². The van der Waals surface area contributed by atoms with Gasteiger partial charge in [-0.25, -0.2) is 4.79 Å². The van der Waals surface area contributed by atoms with Crippen molar-refractivity contribution in [2.45, 2.75) is 44.2 Å². The zero-order valence-electron chi connectivity index (χ0n) is 11.5. The molecule has 0 radical (unpaired) electrons. The maximum absolute atomic E-state index is 12.2. The first kappa shape index (κ1) is 14.4. The number of ether oxygens (including phenoxy) is 1. The fraction of sp³-hybridized carbons (Fsp3) is 0.467. The minimum Gasteiger partial charge on any atom is -0.480 e. The van der Waals surface area contributed by atoms with E-state index in [4.69, 9.17) is 9.84 Å². The molecule has 0 saturated heterocycles. The first-order valence-electron chi connectivity index (χ1n) is 6.85. The van der Waals surface area contributed by atoms with Gasteiger partial charge in [-0.1, -0.05) is 31.5 Å². The molecule has 0 heterocycles. The smallest absolute Gasteiger partial charge is 0.326 e. The van der Waals surface area contributed by atoms with Crippen molar-refractivity contribution in [2.24, 2.45) is 0 Å². The van der Waals surface area contributed by atoms with Gasteiger partial charge in [0.15, 0.2) is 5.60 Å². The molecule has 0 aromatic heterocycles. The number of carboxylic acid groups (broad SMARTS) is 1. The zero-order chi connectivity index (χ0) is 14.6. The number of amides is 1. The van der Waals surface area contributed by atoms with Crippen molar-refractivity contribution in [3.05, 3.63) is 30.3 Å². The standard InChI is InChI=1S/C15H19NO4/c1-2-6-12(13(17)18)16-14(19)15(9-10-15)20-11-7-4-3-5-8-11/h3-5,7-8,12H,2,6,9-10H2,1H3,(H,16,19)(H,17,18). The van der Waals surface area contributed by atoms with Crippen LogP contribution < -0.4 is 10.1 Å².